The summed E-state index contributed by atoms with van der Waals surface area (Å²) in [7, 11) is 0. The first kappa shape index (κ1) is 13.6. The Kier molecular flexibility index (Phi) is 3.79. The molecule has 20 heavy (non-hydrogen) atoms. The topological polar surface area (TPSA) is 32.3 Å². The van der Waals surface area contributed by atoms with Gasteiger partial charge in [-0.25, -0.2) is 0 Å². The van der Waals surface area contributed by atoms with Gasteiger partial charge in [-0.05, 0) is 36.8 Å². The molecule has 0 aliphatic carbocycles. The zero-order valence-corrected chi connectivity index (χ0v) is 12.4. The van der Waals surface area contributed by atoms with Crippen molar-refractivity contribution in [3.05, 3.63) is 35.4 Å². The maximum absolute atomic E-state index is 12.9. The molecule has 108 valence electrons. The molecule has 2 aliphatic rings. The third-order valence-corrected chi connectivity index (χ3v) is 4.81. The van der Waals surface area contributed by atoms with Crippen LogP contribution in [0.2, 0.25) is 0 Å². The maximum Gasteiger partial charge on any atom is 0.231 e. The fourth-order valence-corrected chi connectivity index (χ4v) is 3.65. The summed E-state index contributed by atoms with van der Waals surface area (Å²) in [4.78, 5) is 15.0. The van der Waals surface area contributed by atoms with E-state index in [-0.39, 0.29) is 5.92 Å². The monoisotopic (exact) mass is 272 g/mol. The highest BCUT2D eigenvalue weighted by Crippen LogP contribution is 2.29. The van der Waals surface area contributed by atoms with Crippen LogP contribution in [0.4, 0.5) is 0 Å². The number of hydrogen-bond donors (Lipinski definition) is 1. The Morgan fingerprint density at radius 1 is 1.30 bits per heavy atom. The second-order valence-electron chi connectivity index (χ2n) is 6.39. The van der Waals surface area contributed by atoms with Crippen molar-refractivity contribution in [1.29, 1.82) is 0 Å². The molecule has 3 rings (SSSR count). The average molecular weight is 272 g/mol. The zero-order chi connectivity index (χ0) is 14.1. The Morgan fingerprint density at radius 3 is 2.90 bits per heavy atom. The Bertz CT molecular complexity index is 500. The van der Waals surface area contributed by atoms with Crippen LogP contribution in [0, 0.1) is 5.92 Å². The van der Waals surface area contributed by atoms with Crippen molar-refractivity contribution < 1.29 is 4.79 Å². The first-order chi connectivity index (χ1) is 9.66. The number of carbonyl (C=O) groups excluding carboxylic acids is 1. The number of fused-ring (bicyclic) bond motifs is 1. The standard InChI is InChI=1S/C17H24N2O/c1-12-7-8-19(13(2)9-12)17(20)16-11-18-10-14-5-3-4-6-15(14)16/h3-6,12-13,16,18H,7-11H2,1-2H3. The van der Waals surface area contributed by atoms with Gasteiger partial charge < -0.3 is 10.2 Å². The number of rotatable bonds is 1. The lowest BCUT2D eigenvalue weighted by Gasteiger charge is -2.39. The fraction of sp³-hybridized carbons (Fsp3) is 0.588. The van der Waals surface area contributed by atoms with Crippen molar-refractivity contribution in [1.82, 2.24) is 10.2 Å². The summed E-state index contributed by atoms with van der Waals surface area (Å²) < 4.78 is 0. The van der Waals surface area contributed by atoms with Crippen LogP contribution in [0.1, 0.15) is 43.7 Å². The van der Waals surface area contributed by atoms with Crippen LogP contribution >= 0.6 is 0 Å². The van der Waals surface area contributed by atoms with E-state index in [4.69, 9.17) is 0 Å². The molecule has 2 aliphatic heterocycles. The summed E-state index contributed by atoms with van der Waals surface area (Å²) >= 11 is 0. The second kappa shape index (κ2) is 5.57. The van der Waals surface area contributed by atoms with Gasteiger partial charge in [0.25, 0.3) is 0 Å². The third-order valence-electron chi connectivity index (χ3n) is 4.81. The van der Waals surface area contributed by atoms with Crippen molar-refractivity contribution in [3.8, 4) is 0 Å². The van der Waals surface area contributed by atoms with Crippen LogP contribution in [-0.4, -0.2) is 29.9 Å². The van der Waals surface area contributed by atoms with Crippen LogP contribution < -0.4 is 5.32 Å². The van der Waals surface area contributed by atoms with E-state index in [2.05, 4.69) is 42.3 Å². The van der Waals surface area contributed by atoms with Gasteiger partial charge in [0.2, 0.25) is 5.91 Å². The van der Waals surface area contributed by atoms with Crippen molar-refractivity contribution >= 4 is 5.91 Å². The summed E-state index contributed by atoms with van der Waals surface area (Å²) in [5.74, 6) is 1.05. The lowest BCUT2D eigenvalue weighted by molar-refractivity contribution is -0.136. The number of amides is 1. The number of piperidine rings is 1. The van der Waals surface area contributed by atoms with E-state index < -0.39 is 0 Å². The third kappa shape index (κ3) is 2.47. The molecule has 0 saturated carbocycles. The van der Waals surface area contributed by atoms with Crippen LogP contribution in [0.5, 0.6) is 0 Å². The Morgan fingerprint density at radius 2 is 2.10 bits per heavy atom. The molecule has 1 aromatic carbocycles. The molecule has 1 saturated heterocycles. The minimum absolute atomic E-state index is 0.00388. The Balaban J connectivity index is 1.81. The number of hydrogen-bond acceptors (Lipinski definition) is 2. The number of nitrogens with zero attached hydrogens (tertiary/aromatic N) is 1. The van der Waals surface area contributed by atoms with Crippen molar-refractivity contribution in [2.75, 3.05) is 13.1 Å². The van der Waals surface area contributed by atoms with Gasteiger partial charge in [-0.3, -0.25) is 4.79 Å². The first-order valence-electron chi connectivity index (χ1n) is 7.76. The van der Waals surface area contributed by atoms with Gasteiger partial charge in [-0.1, -0.05) is 31.2 Å². The molecule has 0 radical (unpaired) electrons. The molecule has 1 amide bonds. The molecular weight excluding hydrogens is 248 g/mol. The molecule has 3 unspecified atom stereocenters. The van der Waals surface area contributed by atoms with Gasteiger partial charge in [0.05, 0.1) is 5.92 Å². The molecule has 0 spiro atoms. The summed E-state index contributed by atoms with van der Waals surface area (Å²) in [6.45, 7) is 7.05. The molecule has 1 fully saturated rings. The number of benzene rings is 1. The SMILES string of the molecule is CC1CCN(C(=O)C2CNCc3ccccc32)C(C)C1. The van der Waals surface area contributed by atoms with Crippen LogP contribution in [0.3, 0.4) is 0 Å². The number of carbonyl (C=O) groups is 1. The average Bonchev–Trinajstić information content (AvgIpc) is 2.46. The highest BCUT2D eigenvalue weighted by atomic mass is 16.2. The molecule has 1 N–H and O–H groups in total. The largest absolute Gasteiger partial charge is 0.339 e. The van der Waals surface area contributed by atoms with Gasteiger partial charge in [0, 0.05) is 25.7 Å². The predicted molar refractivity (Wildman–Crippen MR) is 80.5 cm³/mol. The highest BCUT2D eigenvalue weighted by Gasteiger charge is 2.34. The number of nitrogens with one attached hydrogen (secondary N) is 1. The Labute approximate surface area is 121 Å². The van der Waals surface area contributed by atoms with E-state index in [0.29, 0.717) is 11.9 Å². The molecule has 1 aromatic rings. The first-order valence-corrected chi connectivity index (χ1v) is 7.76. The highest BCUT2D eigenvalue weighted by molar-refractivity contribution is 5.85. The second-order valence-corrected chi connectivity index (χ2v) is 6.39. The molecule has 3 nitrogen and oxygen atoms in total. The molecule has 2 heterocycles. The lowest BCUT2D eigenvalue weighted by atomic mass is 9.87. The van der Waals surface area contributed by atoms with Gasteiger partial charge in [-0.15, -0.1) is 0 Å². The van der Waals surface area contributed by atoms with Crippen molar-refractivity contribution in [2.45, 2.75) is 45.2 Å². The van der Waals surface area contributed by atoms with Gasteiger partial charge in [0.1, 0.15) is 0 Å². The lowest BCUT2D eigenvalue weighted by Crippen LogP contribution is -2.48. The molecule has 0 aromatic heterocycles. The zero-order valence-electron chi connectivity index (χ0n) is 12.4. The normalized spacial score (nSPS) is 29.9. The summed E-state index contributed by atoms with van der Waals surface area (Å²) in [6.07, 6.45) is 2.27. The van der Waals surface area contributed by atoms with E-state index in [9.17, 15) is 4.79 Å². The molecule has 3 atom stereocenters. The number of likely N-dealkylation sites (tertiary alicyclic amines) is 1. The van der Waals surface area contributed by atoms with Gasteiger partial charge in [-0.2, -0.15) is 0 Å². The van der Waals surface area contributed by atoms with E-state index in [1.54, 1.807) is 0 Å². The summed E-state index contributed by atoms with van der Waals surface area (Å²) in [6, 6.07) is 8.73. The Hall–Kier alpha value is -1.35. The minimum atomic E-state index is -0.00388. The van der Waals surface area contributed by atoms with Crippen LogP contribution in [-0.2, 0) is 11.3 Å². The van der Waals surface area contributed by atoms with E-state index >= 15 is 0 Å². The smallest absolute Gasteiger partial charge is 0.231 e. The predicted octanol–water partition coefficient (Wildman–Crippen LogP) is 2.52. The fourth-order valence-electron chi connectivity index (χ4n) is 3.65. The molecular formula is C17H24N2O. The van der Waals surface area contributed by atoms with Crippen LogP contribution in [0.15, 0.2) is 24.3 Å². The maximum atomic E-state index is 12.9. The molecule has 0 bridgehead atoms. The summed E-state index contributed by atoms with van der Waals surface area (Å²) in [5.41, 5.74) is 2.50. The van der Waals surface area contributed by atoms with Gasteiger partial charge in [0.15, 0.2) is 0 Å². The quantitative estimate of drug-likeness (QED) is 0.852. The summed E-state index contributed by atoms with van der Waals surface area (Å²) in [5, 5.41) is 3.39. The van der Waals surface area contributed by atoms with Crippen molar-refractivity contribution in [2.24, 2.45) is 5.92 Å². The minimum Gasteiger partial charge on any atom is -0.339 e. The van der Waals surface area contributed by atoms with Gasteiger partial charge >= 0.3 is 0 Å². The van der Waals surface area contributed by atoms with E-state index in [1.165, 1.54) is 11.1 Å². The van der Waals surface area contributed by atoms with E-state index in [1.807, 2.05) is 6.07 Å². The van der Waals surface area contributed by atoms with Crippen molar-refractivity contribution in [3.63, 3.8) is 0 Å². The molecule has 3 heteroatoms. The van der Waals surface area contributed by atoms with Crippen LogP contribution in [0.25, 0.3) is 0 Å². The van der Waals surface area contributed by atoms with E-state index in [0.717, 1.165) is 38.4 Å².